The molecule has 0 spiro atoms. The lowest BCUT2D eigenvalue weighted by Gasteiger charge is -2.44. The normalized spacial score (nSPS) is 31.6. The summed E-state index contributed by atoms with van der Waals surface area (Å²) in [4.78, 5) is 7.20. The standard InChI is InChI=1S/C13H22N4S/c1-13(2,3)11-15-12(18-16-11)14-10-8-17-6-4-9(10)5-7-17/h9-10H,4-8H2,1-3H3,(H,14,15,16). The quantitative estimate of drug-likeness (QED) is 0.892. The van der Waals surface area contributed by atoms with Gasteiger partial charge < -0.3 is 10.2 Å². The number of anilines is 1. The molecule has 18 heavy (non-hydrogen) atoms. The molecule has 0 amide bonds. The van der Waals surface area contributed by atoms with Gasteiger partial charge in [-0.1, -0.05) is 20.8 Å². The van der Waals surface area contributed by atoms with Crippen molar-refractivity contribution in [2.75, 3.05) is 25.0 Å². The van der Waals surface area contributed by atoms with Crippen LogP contribution in [0.4, 0.5) is 5.13 Å². The van der Waals surface area contributed by atoms with Crippen LogP contribution in [-0.4, -0.2) is 39.9 Å². The van der Waals surface area contributed by atoms with Crippen LogP contribution in [0.3, 0.4) is 0 Å². The molecule has 1 aromatic heterocycles. The minimum Gasteiger partial charge on any atom is -0.356 e. The molecule has 0 radical (unpaired) electrons. The number of fused-ring (bicyclic) bond motifs is 3. The molecule has 4 heterocycles. The van der Waals surface area contributed by atoms with E-state index in [4.69, 9.17) is 0 Å². The molecular formula is C13H22N4S. The molecule has 3 fully saturated rings. The zero-order valence-electron chi connectivity index (χ0n) is 11.4. The molecule has 1 aromatic rings. The fraction of sp³-hybridized carbons (Fsp3) is 0.846. The number of aromatic nitrogens is 2. The Morgan fingerprint density at radius 3 is 2.50 bits per heavy atom. The van der Waals surface area contributed by atoms with Crippen molar-refractivity contribution in [2.45, 2.75) is 45.1 Å². The molecule has 3 aliphatic heterocycles. The Bertz CT molecular complexity index is 415. The highest BCUT2D eigenvalue weighted by Crippen LogP contribution is 2.31. The van der Waals surface area contributed by atoms with Crippen LogP contribution in [-0.2, 0) is 5.41 Å². The second-order valence-electron chi connectivity index (χ2n) is 6.56. The Morgan fingerprint density at radius 1 is 1.28 bits per heavy atom. The average molecular weight is 266 g/mol. The summed E-state index contributed by atoms with van der Waals surface area (Å²) >= 11 is 1.51. The van der Waals surface area contributed by atoms with Gasteiger partial charge >= 0.3 is 0 Å². The Labute approximate surface area is 113 Å². The van der Waals surface area contributed by atoms with Crippen molar-refractivity contribution < 1.29 is 0 Å². The van der Waals surface area contributed by atoms with Crippen LogP contribution in [0.2, 0.25) is 0 Å². The van der Waals surface area contributed by atoms with Crippen LogP contribution >= 0.6 is 11.5 Å². The molecule has 100 valence electrons. The number of rotatable bonds is 2. The van der Waals surface area contributed by atoms with Crippen molar-refractivity contribution in [3.8, 4) is 0 Å². The van der Waals surface area contributed by atoms with Crippen LogP contribution in [0.1, 0.15) is 39.4 Å². The summed E-state index contributed by atoms with van der Waals surface area (Å²) in [5, 5.41) is 4.61. The molecule has 1 unspecified atom stereocenters. The van der Waals surface area contributed by atoms with E-state index in [9.17, 15) is 0 Å². The molecule has 3 saturated heterocycles. The summed E-state index contributed by atoms with van der Waals surface area (Å²) in [6.45, 7) is 10.2. The maximum absolute atomic E-state index is 4.64. The third-order valence-corrected chi connectivity index (χ3v) is 4.71. The molecular weight excluding hydrogens is 244 g/mol. The highest BCUT2D eigenvalue weighted by atomic mass is 32.1. The van der Waals surface area contributed by atoms with Crippen molar-refractivity contribution in [1.82, 2.24) is 14.3 Å². The molecule has 0 saturated carbocycles. The van der Waals surface area contributed by atoms with E-state index in [1.807, 2.05) is 0 Å². The molecule has 5 heteroatoms. The Balaban J connectivity index is 1.68. The minimum atomic E-state index is 0.0471. The third kappa shape index (κ3) is 2.38. The highest BCUT2D eigenvalue weighted by molar-refractivity contribution is 7.09. The molecule has 3 aliphatic rings. The minimum absolute atomic E-state index is 0.0471. The maximum atomic E-state index is 4.64. The predicted molar refractivity (Wildman–Crippen MR) is 75.2 cm³/mol. The predicted octanol–water partition coefficient (Wildman–Crippen LogP) is 2.34. The van der Waals surface area contributed by atoms with Crippen LogP contribution in [0.5, 0.6) is 0 Å². The fourth-order valence-corrected chi connectivity index (χ4v) is 3.69. The third-order valence-electron chi connectivity index (χ3n) is 4.06. The van der Waals surface area contributed by atoms with E-state index < -0.39 is 0 Å². The molecule has 4 rings (SSSR count). The van der Waals surface area contributed by atoms with Gasteiger partial charge in [0.2, 0.25) is 5.13 Å². The Morgan fingerprint density at radius 2 is 2.00 bits per heavy atom. The van der Waals surface area contributed by atoms with Crippen molar-refractivity contribution in [3.63, 3.8) is 0 Å². The zero-order chi connectivity index (χ0) is 12.8. The Hall–Kier alpha value is -0.680. The molecule has 0 aromatic carbocycles. The van der Waals surface area contributed by atoms with Crippen molar-refractivity contribution in [3.05, 3.63) is 5.82 Å². The van der Waals surface area contributed by atoms with E-state index in [-0.39, 0.29) is 5.41 Å². The van der Waals surface area contributed by atoms with E-state index in [1.54, 1.807) is 0 Å². The summed E-state index contributed by atoms with van der Waals surface area (Å²) in [6.07, 6.45) is 2.67. The van der Waals surface area contributed by atoms with E-state index in [0.29, 0.717) is 6.04 Å². The van der Waals surface area contributed by atoms with Crippen LogP contribution in [0, 0.1) is 5.92 Å². The van der Waals surface area contributed by atoms with E-state index >= 15 is 0 Å². The Kier molecular flexibility index (Phi) is 3.06. The summed E-state index contributed by atoms with van der Waals surface area (Å²) in [5.41, 5.74) is 0.0471. The van der Waals surface area contributed by atoms with Gasteiger partial charge in [-0.05, 0) is 31.8 Å². The molecule has 0 aliphatic carbocycles. The first kappa shape index (κ1) is 12.4. The lowest BCUT2D eigenvalue weighted by Crippen LogP contribution is -2.53. The van der Waals surface area contributed by atoms with Crippen molar-refractivity contribution in [1.29, 1.82) is 0 Å². The van der Waals surface area contributed by atoms with Gasteiger partial charge in [-0.2, -0.15) is 4.37 Å². The molecule has 4 nitrogen and oxygen atoms in total. The maximum Gasteiger partial charge on any atom is 0.202 e. The summed E-state index contributed by atoms with van der Waals surface area (Å²) in [5.74, 6) is 1.79. The largest absolute Gasteiger partial charge is 0.356 e. The summed E-state index contributed by atoms with van der Waals surface area (Å²) in [6, 6.07) is 0.577. The van der Waals surface area contributed by atoms with Gasteiger partial charge in [0, 0.05) is 29.5 Å². The van der Waals surface area contributed by atoms with Crippen LogP contribution in [0.25, 0.3) is 0 Å². The second-order valence-corrected chi connectivity index (χ2v) is 7.31. The first-order chi connectivity index (χ1) is 8.52. The molecule has 1 N–H and O–H groups in total. The van der Waals surface area contributed by atoms with Gasteiger partial charge in [0.25, 0.3) is 0 Å². The first-order valence-electron chi connectivity index (χ1n) is 6.85. The van der Waals surface area contributed by atoms with E-state index in [1.165, 1.54) is 44.0 Å². The van der Waals surface area contributed by atoms with Crippen LogP contribution < -0.4 is 5.32 Å². The number of piperidine rings is 3. The summed E-state index contributed by atoms with van der Waals surface area (Å²) in [7, 11) is 0. The van der Waals surface area contributed by atoms with Gasteiger partial charge in [0.1, 0.15) is 5.82 Å². The average Bonchev–Trinajstić information content (AvgIpc) is 2.79. The lowest BCUT2D eigenvalue weighted by molar-refractivity contribution is 0.0975. The second kappa shape index (κ2) is 4.46. The lowest BCUT2D eigenvalue weighted by atomic mass is 9.84. The monoisotopic (exact) mass is 266 g/mol. The van der Waals surface area contributed by atoms with Crippen LogP contribution in [0.15, 0.2) is 0 Å². The highest BCUT2D eigenvalue weighted by Gasteiger charge is 2.34. The van der Waals surface area contributed by atoms with Gasteiger partial charge in [0.05, 0.1) is 0 Å². The van der Waals surface area contributed by atoms with Gasteiger partial charge in [-0.25, -0.2) is 4.98 Å². The number of nitrogens with zero attached hydrogens (tertiary/aromatic N) is 3. The smallest absolute Gasteiger partial charge is 0.202 e. The van der Waals surface area contributed by atoms with Gasteiger partial charge in [-0.15, -0.1) is 0 Å². The van der Waals surface area contributed by atoms with Crippen molar-refractivity contribution >= 4 is 16.7 Å². The SMILES string of the molecule is CC(C)(C)c1nsc(NC2CN3CCC2CC3)n1. The topological polar surface area (TPSA) is 41.1 Å². The molecule has 1 atom stereocenters. The fourth-order valence-electron chi connectivity index (χ4n) is 2.87. The summed E-state index contributed by atoms with van der Waals surface area (Å²) < 4.78 is 4.47. The van der Waals surface area contributed by atoms with Gasteiger partial charge in [0.15, 0.2) is 0 Å². The zero-order valence-corrected chi connectivity index (χ0v) is 12.3. The van der Waals surface area contributed by atoms with E-state index in [0.717, 1.165) is 16.9 Å². The number of nitrogens with one attached hydrogen (secondary N) is 1. The number of hydrogen-bond acceptors (Lipinski definition) is 5. The molecule has 2 bridgehead atoms. The first-order valence-corrected chi connectivity index (χ1v) is 7.63. The number of hydrogen-bond donors (Lipinski definition) is 1. The van der Waals surface area contributed by atoms with E-state index in [2.05, 4.69) is 40.3 Å². The van der Waals surface area contributed by atoms with Crippen molar-refractivity contribution in [2.24, 2.45) is 5.92 Å². The van der Waals surface area contributed by atoms with Gasteiger partial charge in [-0.3, -0.25) is 0 Å².